The molecule has 0 unspecified atom stereocenters. The topological polar surface area (TPSA) is 68.3 Å². The van der Waals surface area contributed by atoms with Crippen LogP contribution in [-0.2, 0) is 10.0 Å². The Morgan fingerprint density at radius 1 is 1.30 bits per heavy atom. The van der Waals surface area contributed by atoms with Crippen molar-refractivity contribution in [3.05, 3.63) is 47.2 Å². The van der Waals surface area contributed by atoms with E-state index in [1.54, 1.807) is 18.2 Å². The summed E-state index contributed by atoms with van der Waals surface area (Å²) in [6.45, 7) is 1.89. The van der Waals surface area contributed by atoms with Gasteiger partial charge in [-0.05, 0) is 36.8 Å². The van der Waals surface area contributed by atoms with E-state index in [-0.39, 0.29) is 10.0 Å². The van der Waals surface area contributed by atoms with Crippen molar-refractivity contribution in [2.45, 2.75) is 11.8 Å². The smallest absolute Gasteiger partial charge is 0.265 e. The van der Waals surface area contributed by atoms with Crippen LogP contribution in [0.1, 0.15) is 5.56 Å². The monoisotopic (exact) mass is 312 g/mol. The highest BCUT2D eigenvalue weighted by molar-refractivity contribution is 7.92. The van der Waals surface area contributed by atoms with Crippen molar-refractivity contribution < 1.29 is 13.2 Å². The van der Waals surface area contributed by atoms with Crippen molar-refractivity contribution in [2.75, 3.05) is 11.8 Å². The molecule has 0 atom stereocenters. The first kappa shape index (κ1) is 14.6. The predicted molar refractivity (Wildman–Crippen MR) is 77.8 cm³/mol. The summed E-state index contributed by atoms with van der Waals surface area (Å²) in [7, 11) is -2.34. The molecule has 7 heteroatoms. The maximum Gasteiger partial charge on any atom is 0.265 e. The number of ether oxygens (including phenoxy) is 1. The zero-order valence-corrected chi connectivity index (χ0v) is 12.5. The van der Waals surface area contributed by atoms with Crippen LogP contribution in [-0.4, -0.2) is 20.5 Å². The van der Waals surface area contributed by atoms with Crippen molar-refractivity contribution >= 4 is 27.3 Å². The summed E-state index contributed by atoms with van der Waals surface area (Å²) >= 11 is 5.81. The number of benzene rings is 1. The van der Waals surface area contributed by atoms with Crippen molar-refractivity contribution in [3.8, 4) is 5.75 Å². The molecular weight excluding hydrogens is 300 g/mol. The Labute approximate surface area is 122 Å². The molecule has 0 fully saturated rings. The van der Waals surface area contributed by atoms with Gasteiger partial charge >= 0.3 is 0 Å². The second kappa shape index (κ2) is 5.68. The minimum absolute atomic E-state index is 0.0777. The van der Waals surface area contributed by atoms with Gasteiger partial charge in [0, 0.05) is 6.20 Å². The van der Waals surface area contributed by atoms with Crippen LogP contribution in [0.2, 0.25) is 5.15 Å². The number of nitrogens with zero attached hydrogens (tertiary/aromatic N) is 1. The van der Waals surface area contributed by atoms with E-state index in [9.17, 15) is 8.42 Å². The lowest BCUT2D eigenvalue weighted by molar-refractivity contribution is 0.416. The van der Waals surface area contributed by atoms with Gasteiger partial charge in [0.1, 0.15) is 15.8 Å². The predicted octanol–water partition coefficient (Wildman–Crippen LogP) is 2.85. The lowest BCUT2D eigenvalue weighted by Gasteiger charge is -2.12. The van der Waals surface area contributed by atoms with E-state index in [0.29, 0.717) is 11.4 Å². The molecule has 0 saturated heterocycles. The summed E-state index contributed by atoms with van der Waals surface area (Å²) in [6, 6.07) is 8.05. The Morgan fingerprint density at radius 3 is 2.70 bits per heavy atom. The number of methoxy groups -OCH3 is 1. The minimum atomic E-state index is -3.81. The van der Waals surface area contributed by atoms with Gasteiger partial charge in [-0.1, -0.05) is 17.7 Å². The van der Waals surface area contributed by atoms with Crippen molar-refractivity contribution in [3.63, 3.8) is 0 Å². The molecule has 1 aromatic carbocycles. The van der Waals surface area contributed by atoms with Gasteiger partial charge in [0.25, 0.3) is 10.0 Å². The Balaban J connectivity index is 2.41. The number of anilines is 1. The lowest BCUT2D eigenvalue weighted by atomic mass is 10.2. The highest BCUT2D eigenvalue weighted by Gasteiger charge is 2.20. The molecule has 0 radical (unpaired) electrons. The fourth-order valence-corrected chi connectivity index (χ4v) is 3.18. The lowest BCUT2D eigenvalue weighted by Crippen LogP contribution is -2.14. The number of rotatable bonds is 4. The van der Waals surface area contributed by atoms with Crippen LogP contribution >= 0.6 is 11.6 Å². The molecule has 1 aromatic heterocycles. The van der Waals surface area contributed by atoms with Gasteiger partial charge in [0.05, 0.1) is 12.8 Å². The molecular formula is C13H13ClN2O3S. The molecule has 0 spiro atoms. The summed E-state index contributed by atoms with van der Waals surface area (Å²) in [4.78, 5) is 3.68. The number of aromatic nitrogens is 1. The van der Waals surface area contributed by atoms with Gasteiger partial charge < -0.3 is 4.74 Å². The Bertz CT molecular complexity index is 732. The number of nitrogens with one attached hydrogen (secondary N) is 1. The quantitative estimate of drug-likeness (QED) is 0.881. The number of hydrogen-bond donors (Lipinski definition) is 1. The van der Waals surface area contributed by atoms with E-state index in [0.717, 1.165) is 5.56 Å². The normalized spacial score (nSPS) is 11.2. The van der Waals surface area contributed by atoms with Crippen LogP contribution in [0.4, 0.5) is 5.69 Å². The number of hydrogen-bond acceptors (Lipinski definition) is 4. The molecule has 0 aliphatic carbocycles. The molecule has 106 valence electrons. The van der Waals surface area contributed by atoms with Crippen LogP contribution in [0.3, 0.4) is 0 Å². The number of halogens is 1. The fourth-order valence-electron chi connectivity index (χ4n) is 1.65. The van der Waals surface area contributed by atoms with E-state index in [1.807, 2.05) is 6.92 Å². The Morgan fingerprint density at radius 2 is 2.05 bits per heavy atom. The highest BCUT2D eigenvalue weighted by Crippen LogP contribution is 2.29. The molecule has 2 rings (SSSR count). The van der Waals surface area contributed by atoms with E-state index >= 15 is 0 Å². The van der Waals surface area contributed by atoms with Crippen LogP contribution < -0.4 is 9.46 Å². The van der Waals surface area contributed by atoms with Gasteiger partial charge in [0.15, 0.2) is 0 Å². The summed E-state index contributed by atoms with van der Waals surface area (Å²) in [6.07, 6.45) is 1.42. The first-order valence-corrected chi connectivity index (χ1v) is 7.58. The second-order valence-electron chi connectivity index (χ2n) is 4.10. The van der Waals surface area contributed by atoms with Crippen molar-refractivity contribution in [2.24, 2.45) is 0 Å². The van der Waals surface area contributed by atoms with Gasteiger partial charge in [-0.3, -0.25) is 4.72 Å². The Kier molecular flexibility index (Phi) is 4.15. The number of sulfonamides is 1. The summed E-state index contributed by atoms with van der Waals surface area (Å²) in [5, 5.41) is -0.0777. The highest BCUT2D eigenvalue weighted by atomic mass is 35.5. The zero-order valence-electron chi connectivity index (χ0n) is 10.9. The van der Waals surface area contributed by atoms with Gasteiger partial charge in [-0.25, -0.2) is 13.4 Å². The maximum absolute atomic E-state index is 12.3. The molecule has 0 aliphatic rings. The molecule has 0 bridgehead atoms. The molecule has 0 saturated carbocycles. The van der Waals surface area contributed by atoms with Crippen molar-refractivity contribution in [1.82, 2.24) is 4.98 Å². The zero-order chi connectivity index (χ0) is 14.8. The van der Waals surface area contributed by atoms with Crippen LogP contribution in [0, 0.1) is 6.92 Å². The summed E-state index contributed by atoms with van der Waals surface area (Å²) in [5.41, 5.74) is 1.31. The maximum atomic E-state index is 12.3. The average molecular weight is 313 g/mol. The third-order valence-corrected chi connectivity index (χ3v) is 4.43. The molecule has 0 aliphatic heterocycles. The third-order valence-electron chi connectivity index (χ3n) is 2.62. The number of aryl methyl sites for hydroxylation is 1. The molecule has 20 heavy (non-hydrogen) atoms. The Hall–Kier alpha value is -1.79. The van der Waals surface area contributed by atoms with Gasteiger partial charge in [-0.2, -0.15) is 0 Å². The SMILES string of the molecule is COc1cc(C)ccc1NS(=O)(=O)c1cccnc1Cl. The van der Waals surface area contributed by atoms with Gasteiger partial charge in [0.2, 0.25) is 0 Å². The van der Waals surface area contributed by atoms with Crippen molar-refractivity contribution in [1.29, 1.82) is 0 Å². The van der Waals surface area contributed by atoms with E-state index in [4.69, 9.17) is 16.3 Å². The van der Waals surface area contributed by atoms with Crippen LogP contribution in [0.5, 0.6) is 5.75 Å². The molecule has 5 nitrogen and oxygen atoms in total. The third kappa shape index (κ3) is 3.02. The molecule has 1 heterocycles. The molecule has 2 aromatic rings. The first-order chi connectivity index (χ1) is 9.44. The fraction of sp³-hybridized carbons (Fsp3) is 0.154. The minimum Gasteiger partial charge on any atom is -0.495 e. The average Bonchev–Trinajstić information content (AvgIpc) is 2.41. The number of pyridine rings is 1. The van der Waals surface area contributed by atoms with E-state index in [2.05, 4.69) is 9.71 Å². The standard InChI is InChI=1S/C13H13ClN2O3S/c1-9-5-6-10(11(8-9)19-2)16-20(17,18)12-4-3-7-15-13(12)14/h3-8,16H,1-2H3. The van der Waals surface area contributed by atoms with Gasteiger partial charge in [-0.15, -0.1) is 0 Å². The van der Waals surface area contributed by atoms with Crippen LogP contribution in [0.15, 0.2) is 41.4 Å². The second-order valence-corrected chi connectivity index (χ2v) is 6.11. The van der Waals surface area contributed by atoms with E-state index < -0.39 is 10.0 Å². The largest absolute Gasteiger partial charge is 0.495 e. The molecule has 0 amide bonds. The first-order valence-electron chi connectivity index (χ1n) is 5.72. The van der Waals surface area contributed by atoms with E-state index in [1.165, 1.54) is 25.4 Å². The summed E-state index contributed by atoms with van der Waals surface area (Å²) < 4.78 is 32.2. The summed E-state index contributed by atoms with van der Waals surface area (Å²) in [5.74, 6) is 0.439. The van der Waals surface area contributed by atoms with Crippen LogP contribution in [0.25, 0.3) is 0 Å². The molecule has 1 N–H and O–H groups in total.